The Morgan fingerprint density at radius 1 is 1.32 bits per heavy atom. The fraction of sp³-hybridized carbons (Fsp3) is 0.400. The number of pyridine rings is 1. The molecule has 2 aromatic rings. The van der Waals surface area contributed by atoms with Crippen molar-refractivity contribution in [2.24, 2.45) is 0 Å². The minimum absolute atomic E-state index is 0.223. The van der Waals surface area contributed by atoms with Gasteiger partial charge in [0, 0.05) is 23.8 Å². The fourth-order valence-electron chi connectivity index (χ4n) is 2.96. The summed E-state index contributed by atoms with van der Waals surface area (Å²) < 4.78 is 14.5. The van der Waals surface area contributed by atoms with Gasteiger partial charge in [-0.1, -0.05) is 0 Å². The predicted molar refractivity (Wildman–Crippen MR) is 80.3 cm³/mol. The van der Waals surface area contributed by atoms with E-state index in [1.165, 1.54) is 24.1 Å². The molecule has 0 amide bonds. The summed E-state index contributed by atoms with van der Waals surface area (Å²) in [5, 5.41) is 4.13. The third-order valence-electron chi connectivity index (χ3n) is 3.87. The largest absolute Gasteiger partial charge is 0.387 e. The van der Waals surface area contributed by atoms with E-state index in [0.717, 1.165) is 35.0 Å². The van der Waals surface area contributed by atoms with Gasteiger partial charge in [-0.2, -0.15) is 0 Å². The molecule has 0 radical (unpaired) electrons. The first-order valence-electron chi connectivity index (χ1n) is 6.61. The number of aromatic nitrogens is 1. The number of hydrogen-bond donors (Lipinski definition) is 1. The van der Waals surface area contributed by atoms with Gasteiger partial charge in [-0.3, -0.25) is 4.98 Å². The van der Waals surface area contributed by atoms with Crippen LogP contribution in [0.1, 0.15) is 29.7 Å². The van der Waals surface area contributed by atoms with Crippen LogP contribution in [0.5, 0.6) is 0 Å². The molecule has 0 spiro atoms. The predicted octanol–water partition coefficient (Wildman–Crippen LogP) is 4.37. The third-order valence-corrected chi connectivity index (χ3v) is 4.65. The summed E-state index contributed by atoms with van der Waals surface area (Å²) in [7, 11) is 1.90. The van der Waals surface area contributed by atoms with Crippen LogP contribution >= 0.6 is 15.9 Å². The molecule has 0 saturated carbocycles. The lowest BCUT2D eigenvalue weighted by Crippen LogP contribution is -2.10. The second-order valence-electron chi connectivity index (χ2n) is 5.08. The molecule has 0 atom stereocenters. The molecule has 1 aromatic carbocycles. The molecule has 0 fully saturated rings. The van der Waals surface area contributed by atoms with Gasteiger partial charge < -0.3 is 5.32 Å². The number of fused-ring (bicyclic) bond motifs is 2. The van der Waals surface area contributed by atoms with Crippen molar-refractivity contribution < 1.29 is 4.39 Å². The Kier molecular flexibility index (Phi) is 3.21. The van der Waals surface area contributed by atoms with E-state index >= 15 is 0 Å². The van der Waals surface area contributed by atoms with Crippen molar-refractivity contribution in [2.45, 2.75) is 32.6 Å². The zero-order valence-electron chi connectivity index (χ0n) is 11.1. The van der Waals surface area contributed by atoms with Crippen LogP contribution in [0.15, 0.2) is 10.5 Å². The average Bonchev–Trinajstić information content (AvgIpc) is 2.42. The average molecular weight is 323 g/mol. The van der Waals surface area contributed by atoms with E-state index in [4.69, 9.17) is 4.98 Å². The van der Waals surface area contributed by atoms with Crippen molar-refractivity contribution in [3.05, 3.63) is 33.2 Å². The van der Waals surface area contributed by atoms with Crippen LogP contribution in [0.3, 0.4) is 0 Å². The number of halogens is 2. The summed E-state index contributed by atoms with van der Waals surface area (Å²) in [5.74, 6) is -0.223. The van der Waals surface area contributed by atoms with Crippen LogP contribution in [0.25, 0.3) is 10.9 Å². The van der Waals surface area contributed by atoms with Gasteiger partial charge in [0.05, 0.1) is 9.99 Å². The molecule has 1 N–H and O–H groups in total. The molecule has 1 aliphatic carbocycles. The third kappa shape index (κ3) is 1.93. The van der Waals surface area contributed by atoms with Crippen LogP contribution in [-0.2, 0) is 12.8 Å². The molecular formula is C15H16BrFN2. The number of nitrogens with zero attached hydrogens (tertiary/aromatic N) is 1. The molecule has 0 unspecified atom stereocenters. The number of rotatable bonds is 1. The molecule has 0 bridgehead atoms. The zero-order valence-corrected chi connectivity index (χ0v) is 12.7. The number of hydrogen-bond acceptors (Lipinski definition) is 2. The van der Waals surface area contributed by atoms with Crippen LogP contribution in [-0.4, -0.2) is 12.0 Å². The summed E-state index contributed by atoms with van der Waals surface area (Å²) in [6, 6.07) is 1.55. The van der Waals surface area contributed by atoms with Crippen LogP contribution in [0, 0.1) is 12.7 Å². The van der Waals surface area contributed by atoms with Crippen molar-refractivity contribution >= 4 is 32.5 Å². The first-order chi connectivity index (χ1) is 9.13. The first-order valence-corrected chi connectivity index (χ1v) is 7.40. The summed E-state index contributed by atoms with van der Waals surface area (Å²) in [6.45, 7) is 1.92. The van der Waals surface area contributed by atoms with E-state index in [2.05, 4.69) is 21.2 Å². The Morgan fingerprint density at radius 2 is 2.05 bits per heavy atom. The number of benzene rings is 1. The summed E-state index contributed by atoms with van der Waals surface area (Å²) in [5.41, 5.74) is 5.25. The maximum atomic E-state index is 14.0. The molecule has 1 heterocycles. The highest BCUT2D eigenvalue weighted by Crippen LogP contribution is 2.39. The van der Waals surface area contributed by atoms with Gasteiger partial charge in [0.15, 0.2) is 0 Å². The van der Waals surface area contributed by atoms with Crippen molar-refractivity contribution in [3.63, 3.8) is 0 Å². The smallest absolute Gasteiger partial charge is 0.138 e. The standard InChI is InChI=1S/C15H16BrFN2/c1-8-7-10(17)13(16)12-14(8)19-11-6-4-3-5-9(11)15(12)18-2/h7H,3-6H2,1-2H3,(H,18,19). The minimum Gasteiger partial charge on any atom is -0.387 e. The van der Waals surface area contributed by atoms with Crippen LogP contribution in [0.2, 0.25) is 0 Å². The van der Waals surface area contributed by atoms with Crippen molar-refractivity contribution in [3.8, 4) is 0 Å². The fourth-order valence-corrected chi connectivity index (χ4v) is 3.46. The van der Waals surface area contributed by atoms with Crippen molar-refractivity contribution in [2.75, 3.05) is 12.4 Å². The van der Waals surface area contributed by atoms with E-state index < -0.39 is 0 Å². The Bertz CT molecular complexity index is 667. The Hall–Kier alpha value is -1.16. The monoisotopic (exact) mass is 322 g/mol. The zero-order chi connectivity index (χ0) is 13.6. The Balaban J connectivity index is 2.47. The molecule has 1 aliphatic rings. The molecule has 4 heteroatoms. The highest BCUT2D eigenvalue weighted by atomic mass is 79.9. The summed E-state index contributed by atoms with van der Waals surface area (Å²) >= 11 is 3.38. The first kappa shape index (κ1) is 12.9. The quantitative estimate of drug-likeness (QED) is 0.843. The molecule has 1 aromatic heterocycles. The SMILES string of the molecule is CNc1c2c(nc3c(C)cc(F)c(Br)c13)CCCC2. The highest BCUT2D eigenvalue weighted by molar-refractivity contribution is 9.10. The minimum atomic E-state index is -0.223. The second-order valence-corrected chi connectivity index (χ2v) is 5.88. The molecule has 0 saturated heterocycles. The van der Waals surface area contributed by atoms with Gasteiger partial charge in [-0.25, -0.2) is 4.39 Å². The van der Waals surface area contributed by atoms with Crippen molar-refractivity contribution in [1.29, 1.82) is 0 Å². The number of aryl methyl sites for hydroxylation is 2. The van der Waals surface area contributed by atoms with Crippen molar-refractivity contribution in [1.82, 2.24) is 4.98 Å². The maximum absolute atomic E-state index is 14.0. The van der Waals surface area contributed by atoms with E-state index in [0.29, 0.717) is 4.47 Å². The normalized spacial score (nSPS) is 14.5. The lowest BCUT2D eigenvalue weighted by molar-refractivity contribution is 0.622. The van der Waals surface area contributed by atoms with E-state index in [1.54, 1.807) is 6.07 Å². The molecule has 3 rings (SSSR count). The topological polar surface area (TPSA) is 24.9 Å². The molecule has 19 heavy (non-hydrogen) atoms. The Labute approximate surface area is 120 Å². The van der Waals surface area contributed by atoms with Crippen LogP contribution in [0.4, 0.5) is 10.1 Å². The van der Waals surface area contributed by atoms with E-state index in [1.807, 2.05) is 14.0 Å². The molecule has 2 nitrogen and oxygen atoms in total. The van der Waals surface area contributed by atoms with Gasteiger partial charge in [0.1, 0.15) is 5.82 Å². The number of anilines is 1. The highest BCUT2D eigenvalue weighted by Gasteiger charge is 2.21. The van der Waals surface area contributed by atoms with Gasteiger partial charge in [-0.15, -0.1) is 0 Å². The lowest BCUT2D eigenvalue weighted by Gasteiger charge is -2.22. The van der Waals surface area contributed by atoms with Gasteiger partial charge in [-0.05, 0) is 65.7 Å². The summed E-state index contributed by atoms with van der Waals surface area (Å²) in [6.07, 6.45) is 4.42. The molecule has 0 aliphatic heterocycles. The van der Waals surface area contributed by atoms with Gasteiger partial charge in [0.25, 0.3) is 0 Å². The van der Waals surface area contributed by atoms with Crippen LogP contribution < -0.4 is 5.32 Å². The van der Waals surface area contributed by atoms with E-state index in [9.17, 15) is 4.39 Å². The Morgan fingerprint density at radius 3 is 2.79 bits per heavy atom. The second kappa shape index (κ2) is 4.75. The maximum Gasteiger partial charge on any atom is 0.138 e. The molecule has 100 valence electrons. The van der Waals surface area contributed by atoms with E-state index in [-0.39, 0.29) is 5.82 Å². The van der Waals surface area contributed by atoms with Gasteiger partial charge >= 0.3 is 0 Å². The lowest BCUT2D eigenvalue weighted by atomic mass is 9.92. The summed E-state index contributed by atoms with van der Waals surface area (Å²) in [4.78, 5) is 4.79. The number of nitrogens with one attached hydrogen (secondary N) is 1. The molecular weight excluding hydrogens is 307 g/mol. The van der Waals surface area contributed by atoms with Gasteiger partial charge in [0.2, 0.25) is 0 Å².